The molecule has 2 rings (SSSR count). The van der Waals surface area contributed by atoms with E-state index >= 15 is 0 Å². The number of rotatable bonds is 3. The number of urea groups is 1. The third-order valence-corrected chi connectivity index (χ3v) is 3.14. The van der Waals surface area contributed by atoms with Crippen LogP contribution in [0.2, 0.25) is 5.02 Å². The summed E-state index contributed by atoms with van der Waals surface area (Å²) in [7, 11) is 0. The maximum absolute atomic E-state index is 12.0. The largest absolute Gasteiger partial charge is 0.331 e. The van der Waals surface area contributed by atoms with Crippen molar-refractivity contribution < 1.29 is 14.4 Å². The van der Waals surface area contributed by atoms with Crippen molar-refractivity contribution in [2.75, 3.05) is 6.54 Å². The number of imide groups is 2. The lowest BCUT2D eigenvalue weighted by Crippen LogP contribution is -2.53. The molecule has 4 amide bonds. The van der Waals surface area contributed by atoms with Gasteiger partial charge in [0.15, 0.2) is 0 Å². The summed E-state index contributed by atoms with van der Waals surface area (Å²) in [5.74, 6) is -1.28. The zero-order valence-corrected chi connectivity index (χ0v) is 12.1. The molecule has 0 bridgehead atoms. The van der Waals surface area contributed by atoms with Gasteiger partial charge >= 0.3 is 6.03 Å². The standard InChI is InChI=1S/C15H13ClN2O3/c1-2-18-14(20)12(13(19)17-15(18)21)8-4-6-10-5-3-7-11(16)9-10/h3-9H,2H2,1H3,(H,17,19,21). The summed E-state index contributed by atoms with van der Waals surface area (Å²) >= 11 is 5.86. The molecule has 0 saturated carbocycles. The predicted octanol–water partition coefficient (Wildman–Crippen LogP) is 2.38. The van der Waals surface area contributed by atoms with Crippen molar-refractivity contribution in [3.8, 4) is 0 Å². The molecule has 0 atom stereocenters. The Kier molecular flexibility index (Phi) is 4.55. The molecule has 0 unspecified atom stereocenters. The van der Waals surface area contributed by atoms with E-state index in [-0.39, 0.29) is 12.1 Å². The second kappa shape index (κ2) is 6.37. The molecule has 1 aliphatic heterocycles. The summed E-state index contributed by atoms with van der Waals surface area (Å²) in [6.07, 6.45) is 4.67. The lowest BCUT2D eigenvalue weighted by atomic mass is 10.1. The Morgan fingerprint density at radius 3 is 2.71 bits per heavy atom. The van der Waals surface area contributed by atoms with Crippen LogP contribution in [0.1, 0.15) is 12.5 Å². The van der Waals surface area contributed by atoms with Crippen LogP contribution in [-0.2, 0) is 9.59 Å². The van der Waals surface area contributed by atoms with Crippen LogP contribution in [0.3, 0.4) is 0 Å². The Bertz CT molecular complexity index is 665. The van der Waals surface area contributed by atoms with Crippen LogP contribution in [-0.4, -0.2) is 29.3 Å². The zero-order valence-electron chi connectivity index (χ0n) is 11.3. The molecule has 0 aliphatic carbocycles. The second-order valence-electron chi connectivity index (χ2n) is 4.30. The minimum Gasteiger partial charge on any atom is -0.273 e. The third kappa shape index (κ3) is 3.38. The fourth-order valence-corrected chi connectivity index (χ4v) is 2.07. The highest BCUT2D eigenvalue weighted by atomic mass is 35.5. The molecule has 1 fully saturated rings. The van der Waals surface area contributed by atoms with E-state index in [1.54, 1.807) is 37.3 Å². The Labute approximate surface area is 126 Å². The van der Waals surface area contributed by atoms with Crippen LogP contribution < -0.4 is 5.32 Å². The molecule has 1 aliphatic rings. The highest BCUT2D eigenvalue weighted by Gasteiger charge is 2.34. The SMILES string of the molecule is CCN1C(=O)NC(=O)C(=CC=Cc2cccc(Cl)c2)C1=O. The summed E-state index contributed by atoms with van der Waals surface area (Å²) in [5, 5.41) is 2.72. The first-order chi connectivity index (χ1) is 10.0. The van der Waals surface area contributed by atoms with Gasteiger partial charge in [-0.3, -0.25) is 19.8 Å². The minimum atomic E-state index is -0.691. The van der Waals surface area contributed by atoms with Gasteiger partial charge in [0.25, 0.3) is 11.8 Å². The number of barbiturate groups is 1. The average Bonchev–Trinajstić information content (AvgIpc) is 2.43. The van der Waals surface area contributed by atoms with Crippen molar-refractivity contribution in [3.05, 3.63) is 52.6 Å². The smallest absolute Gasteiger partial charge is 0.273 e. The van der Waals surface area contributed by atoms with Gasteiger partial charge in [-0.25, -0.2) is 4.79 Å². The highest BCUT2D eigenvalue weighted by molar-refractivity contribution is 6.30. The van der Waals surface area contributed by atoms with Gasteiger partial charge in [-0.2, -0.15) is 0 Å². The number of benzene rings is 1. The van der Waals surface area contributed by atoms with E-state index in [1.807, 2.05) is 6.07 Å². The zero-order chi connectivity index (χ0) is 15.4. The number of nitrogens with zero attached hydrogens (tertiary/aromatic N) is 1. The van der Waals surface area contributed by atoms with Gasteiger partial charge in [0.1, 0.15) is 5.57 Å². The Balaban J connectivity index is 2.21. The molecule has 6 heteroatoms. The van der Waals surface area contributed by atoms with Crippen LogP contribution in [0.5, 0.6) is 0 Å². The van der Waals surface area contributed by atoms with E-state index in [0.29, 0.717) is 5.02 Å². The van der Waals surface area contributed by atoms with Crippen molar-refractivity contribution in [1.29, 1.82) is 0 Å². The number of amides is 4. The summed E-state index contributed by atoms with van der Waals surface area (Å²) in [6.45, 7) is 1.86. The Hall–Kier alpha value is -2.40. The Morgan fingerprint density at radius 2 is 2.05 bits per heavy atom. The molecule has 1 heterocycles. The number of halogens is 1. The molecule has 0 radical (unpaired) electrons. The third-order valence-electron chi connectivity index (χ3n) is 2.90. The van der Waals surface area contributed by atoms with E-state index < -0.39 is 17.8 Å². The lowest BCUT2D eigenvalue weighted by molar-refractivity contribution is -0.130. The molecular formula is C15H13ClN2O3. The monoisotopic (exact) mass is 304 g/mol. The van der Waals surface area contributed by atoms with Crippen molar-refractivity contribution in [1.82, 2.24) is 10.2 Å². The van der Waals surface area contributed by atoms with Gasteiger partial charge < -0.3 is 0 Å². The van der Waals surface area contributed by atoms with E-state index in [0.717, 1.165) is 10.5 Å². The number of carbonyl (C=O) groups is 3. The van der Waals surface area contributed by atoms with Gasteiger partial charge in [-0.05, 0) is 30.7 Å². The number of nitrogens with one attached hydrogen (secondary N) is 1. The highest BCUT2D eigenvalue weighted by Crippen LogP contribution is 2.13. The van der Waals surface area contributed by atoms with E-state index in [2.05, 4.69) is 5.32 Å². The van der Waals surface area contributed by atoms with E-state index in [9.17, 15) is 14.4 Å². The Morgan fingerprint density at radius 1 is 1.29 bits per heavy atom. The molecule has 1 aromatic rings. The van der Waals surface area contributed by atoms with Crippen molar-refractivity contribution in [2.45, 2.75) is 6.92 Å². The maximum atomic E-state index is 12.0. The van der Waals surface area contributed by atoms with Crippen LogP contribution in [0.25, 0.3) is 6.08 Å². The van der Waals surface area contributed by atoms with Gasteiger partial charge in [-0.15, -0.1) is 0 Å². The van der Waals surface area contributed by atoms with Crippen molar-refractivity contribution >= 4 is 35.5 Å². The first-order valence-corrected chi connectivity index (χ1v) is 6.72. The summed E-state index contributed by atoms with van der Waals surface area (Å²) < 4.78 is 0. The number of hydrogen-bond donors (Lipinski definition) is 1. The lowest BCUT2D eigenvalue weighted by Gasteiger charge is -2.24. The van der Waals surface area contributed by atoms with E-state index in [4.69, 9.17) is 11.6 Å². The number of allylic oxidation sites excluding steroid dienone is 2. The topological polar surface area (TPSA) is 66.5 Å². The fourth-order valence-electron chi connectivity index (χ4n) is 1.87. The summed E-state index contributed by atoms with van der Waals surface area (Å²) in [6, 6.07) is 6.45. The molecule has 5 nitrogen and oxygen atoms in total. The first kappa shape index (κ1) is 15.0. The quantitative estimate of drug-likeness (QED) is 0.688. The molecule has 21 heavy (non-hydrogen) atoms. The molecule has 1 saturated heterocycles. The molecular weight excluding hydrogens is 292 g/mol. The number of likely N-dealkylation sites (N-methyl/N-ethyl adjacent to an activating group) is 1. The summed E-state index contributed by atoms with van der Waals surface area (Å²) in [5.41, 5.74) is 0.765. The van der Waals surface area contributed by atoms with Gasteiger partial charge in [0, 0.05) is 11.6 Å². The molecule has 108 valence electrons. The van der Waals surface area contributed by atoms with Gasteiger partial charge in [0.05, 0.1) is 0 Å². The average molecular weight is 305 g/mol. The molecule has 0 spiro atoms. The maximum Gasteiger partial charge on any atom is 0.331 e. The van der Waals surface area contributed by atoms with Crippen LogP contribution in [0.4, 0.5) is 4.79 Å². The van der Waals surface area contributed by atoms with E-state index in [1.165, 1.54) is 6.08 Å². The fraction of sp³-hybridized carbons (Fsp3) is 0.133. The van der Waals surface area contributed by atoms with Crippen LogP contribution >= 0.6 is 11.6 Å². The van der Waals surface area contributed by atoms with Crippen LogP contribution in [0.15, 0.2) is 42.0 Å². The molecule has 0 aromatic heterocycles. The van der Waals surface area contributed by atoms with Crippen LogP contribution in [0, 0.1) is 0 Å². The van der Waals surface area contributed by atoms with Crippen molar-refractivity contribution in [3.63, 3.8) is 0 Å². The van der Waals surface area contributed by atoms with Crippen molar-refractivity contribution in [2.24, 2.45) is 0 Å². The second-order valence-corrected chi connectivity index (χ2v) is 4.74. The number of carbonyl (C=O) groups excluding carboxylic acids is 3. The molecule has 1 aromatic carbocycles. The number of hydrogen-bond acceptors (Lipinski definition) is 3. The summed E-state index contributed by atoms with van der Waals surface area (Å²) in [4.78, 5) is 36.1. The van der Waals surface area contributed by atoms with Gasteiger partial charge in [-0.1, -0.05) is 35.9 Å². The normalized spacial score (nSPS) is 17.7. The molecule has 1 N–H and O–H groups in total. The van der Waals surface area contributed by atoms with Gasteiger partial charge in [0.2, 0.25) is 0 Å². The predicted molar refractivity (Wildman–Crippen MR) is 79.5 cm³/mol. The first-order valence-electron chi connectivity index (χ1n) is 6.34. The minimum absolute atomic E-state index is 0.0743.